The normalized spacial score (nSPS) is 27.1. The van der Waals surface area contributed by atoms with Crippen molar-refractivity contribution in [2.75, 3.05) is 7.05 Å². The Morgan fingerprint density at radius 2 is 2.00 bits per heavy atom. The molecular formula is C14H26N2OS. The summed E-state index contributed by atoms with van der Waals surface area (Å²) in [4.78, 5) is 12.0. The highest BCUT2D eigenvalue weighted by Gasteiger charge is 2.24. The van der Waals surface area contributed by atoms with Crippen LogP contribution in [0, 0.1) is 0 Å². The van der Waals surface area contributed by atoms with Crippen LogP contribution in [-0.2, 0) is 0 Å². The van der Waals surface area contributed by atoms with Crippen molar-refractivity contribution in [2.45, 2.75) is 63.3 Å². The van der Waals surface area contributed by atoms with Gasteiger partial charge in [-0.25, -0.2) is 0 Å². The molecule has 1 aliphatic rings. The first-order valence-corrected chi connectivity index (χ1v) is 7.56. The Morgan fingerprint density at radius 1 is 1.28 bits per heavy atom. The minimum absolute atomic E-state index is 0.0270. The van der Waals surface area contributed by atoms with Crippen LogP contribution < -0.4 is 10.6 Å². The van der Waals surface area contributed by atoms with Gasteiger partial charge in [-0.05, 0) is 32.7 Å². The average molecular weight is 270 g/mol. The molecule has 0 radical (unpaired) electrons. The third-order valence-corrected chi connectivity index (χ3v) is 3.92. The van der Waals surface area contributed by atoms with Crippen LogP contribution in [0.2, 0.25) is 0 Å². The van der Waals surface area contributed by atoms with E-state index >= 15 is 0 Å². The van der Waals surface area contributed by atoms with Gasteiger partial charge < -0.3 is 10.6 Å². The third kappa shape index (κ3) is 5.91. The number of allylic oxidation sites excluding steroid dienone is 1. The van der Waals surface area contributed by atoms with Crippen LogP contribution >= 0.6 is 11.8 Å². The fourth-order valence-corrected chi connectivity index (χ4v) is 2.90. The van der Waals surface area contributed by atoms with Crippen molar-refractivity contribution in [1.29, 1.82) is 0 Å². The zero-order chi connectivity index (χ0) is 13.6. The fourth-order valence-electron chi connectivity index (χ4n) is 2.13. The van der Waals surface area contributed by atoms with Gasteiger partial charge in [0, 0.05) is 16.8 Å². The van der Waals surface area contributed by atoms with E-state index in [1.807, 2.05) is 7.05 Å². The van der Waals surface area contributed by atoms with Crippen molar-refractivity contribution in [2.24, 2.45) is 0 Å². The molecule has 3 nitrogen and oxygen atoms in total. The van der Waals surface area contributed by atoms with Gasteiger partial charge in [-0.15, -0.1) is 0 Å². The third-order valence-electron chi connectivity index (χ3n) is 3.00. The quantitative estimate of drug-likeness (QED) is 0.756. The van der Waals surface area contributed by atoms with Crippen LogP contribution in [0.5, 0.6) is 0 Å². The van der Waals surface area contributed by atoms with Crippen molar-refractivity contribution in [3.05, 3.63) is 12.2 Å². The molecule has 2 N–H and O–H groups in total. The summed E-state index contributed by atoms with van der Waals surface area (Å²) in [6.45, 7) is 6.19. The largest absolute Gasteiger partial charge is 0.343 e. The lowest BCUT2D eigenvalue weighted by Crippen LogP contribution is -2.48. The van der Waals surface area contributed by atoms with Gasteiger partial charge in [0.05, 0.1) is 0 Å². The van der Waals surface area contributed by atoms with Crippen molar-refractivity contribution in [3.63, 3.8) is 0 Å². The van der Waals surface area contributed by atoms with E-state index in [1.54, 1.807) is 0 Å². The second kappa shape index (κ2) is 7.19. The summed E-state index contributed by atoms with van der Waals surface area (Å²) in [6, 6.07) is 0.577. The maximum absolute atomic E-state index is 12.0. The molecule has 104 valence electrons. The number of carbonyl (C=O) groups excluding carboxylic acids is 1. The number of hydrogen-bond donors (Lipinski definition) is 2. The molecule has 0 fully saturated rings. The molecule has 4 heteroatoms. The number of nitrogens with one attached hydrogen (secondary N) is 2. The van der Waals surface area contributed by atoms with Crippen LogP contribution in [0.15, 0.2) is 12.2 Å². The molecule has 0 heterocycles. The Hall–Kier alpha value is -0.480. The molecule has 0 aromatic rings. The van der Waals surface area contributed by atoms with E-state index in [2.05, 4.69) is 43.6 Å². The van der Waals surface area contributed by atoms with E-state index < -0.39 is 0 Å². The van der Waals surface area contributed by atoms with Gasteiger partial charge in [-0.1, -0.05) is 44.7 Å². The summed E-state index contributed by atoms with van der Waals surface area (Å²) in [5.41, 5.74) is 0. The van der Waals surface area contributed by atoms with E-state index in [1.165, 1.54) is 11.8 Å². The topological polar surface area (TPSA) is 41.1 Å². The summed E-state index contributed by atoms with van der Waals surface area (Å²) in [7, 11) is 1.97. The lowest BCUT2D eigenvalue weighted by atomic mass is 9.96. The van der Waals surface area contributed by atoms with Gasteiger partial charge in [-0.3, -0.25) is 4.79 Å². The smallest absolute Gasteiger partial charge is 0.279 e. The lowest BCUT2D eigenvalue weighted by molar-refractivity contribution is 0.251. The maximum Gasteiger partial charge on any atom is 0.279 e. The van der Waals surface area contributed by atoms with Crippen LogP contribution in [0.3, 0.4) is 0 Å². The molecule has 0 saturated heterocycles. The monoisotopic (exact) mass is 270 g/mol. The highest BCUT2D eigenvalue weighted by Crippen LogP contribution is 2.24. The Morgan fingerprint density at radius 3 is 2.61 bits per heavy atom. The van der Waals surface area contributed by atoms with Crippen LogP contribution in [0.25, 0.3) is 0 Å². The molecule has 1 amide bonds. The fraction of sp³-hybridized carbons (Fsp3) is 0.786. The first-order valence-electron chi connectivity index (χ1n) is 6.74. The summed E-state index contributed by atoms with van der Waals surface area (Å²) >= 11 is 1.38. The second-order valence-electron chi connectivity index (χ2n) is 5.79. The van der Waals surface area contributed by atoms with Gasteiger partial charge in [0.25, 0.3) is 5.24 Å². The maximum atomic E-state index is 12.0. The number of hydrogen-bond acceptors (Lipinski definition) is 3. The second-order valence-corrected chi connectivity index (χ2v) is 7.59. The predicted octanol–water partition coefficient (Wildman–Crippen LogP) is 3.31. The highest BCUT2D eigenvalue weighted by molar-refractivity contribution is 8.14. The predicted molar refractivity (Wildman–Crippen MR) is 80.1 cm³/mol. The highest BCUT2D eigenvalue weighted by atomic mass is 32.2. The van der Waals surface area contributed by atoms with Crippen molar-refractivity contribution in [1.82, 2.24) is 10.6 Å². The Bertz CT molecular complexity index is 297. The Labute approximate surface area is 115 Å². The summed E-state index contributed by atoms with van der Waals surface area (Å²) in [6.07, 6.45) is 8.76. The number of carbonyl (C=O) groups is 1. The molecule has 0 aromatic heterocycles. The average Bonchev–Trinajstić information content (AvgIpc) is 2.20. The molecule has 0 aliphatic heterocycles. The summed E-state index contributed by atoms with van der Waals surface area (Å²) in [5, 5.41) is 6.58. The van der Waals surface area contributed by atoms with Crippen LogP contribution in [0.4, 0.5) is 4.79 Å². The lowest BCUT2D eigenvalue weighted by Gasteiger charge is -2.29. The molecule has 0 saturated carbocycles. The zero-order valence-corrected chi connectivity index (χ0v) is 12.8. The SMILES string of the molecule is CN[C@@H]1C/C=C/CCC[C@H]1NC(=O)SC(C)(C)C. The molecule has 0 bridgehead atoms. The molecule has 1 aliphatic carbocycles. The number of amides is 1. The molecule has 0 aromatic carbocycles. The molecule has 2 atom stereocenters. The standard InChI is InChI=1S/C14H26N2OS/c1-14(2,3)18-13(17)16-12-10-8-6-5-7-9-11(12)15-4/h5,7,11-12,15H,6,8-10H2,1-4H3,(H,16,17)/b7-5+/t11-,12-/m1/s1. The first-order chi connectivity index (χ1) is 8.42. The van der Waals surface area contributed by atoms with Crippen molar-refractivity contribution in [3.8, 4) is 0 Å². The van der Waals surface area contributed by atoms with Crippen LogP contribution in [0.1, 0.15) is 46.5 Å². The van der Waals surface area contributed by atoms with Crippen molar-refractivity contribution >= 4 is 17.0 Å². The number of likely N-dealkylation sites (N-methyl/N-ethyl adjacent to an activating group) is 1. The Balaban J connectivity index is 2.55. The molecular weight excluding hydrogens is 244 g/mol. The number of thioether (sulfide) groups is 1. The van der Waals surface area contributed by atoms with E-state index in [0.29, 0.717) is 6.04 Å². The number of rotatable bonds is 2. The van der Waals surface area contributed by atoms with E-state index in [-0.39, 0.29) is 16.0 Å². The van der Waals surface area contributed by atoms with Crippen LogP contribution in [-0.4, -0.2) is 29.1 Å². The van der Waals surface area contributed by atoms with Crippen molar-refractivity contribution < 1.29 is 4.79 Å². The minimum Gasteiger partial charge on any atom is -0.343 e. The molecule has 18 heavy (non-hydrogen) atoms. The summed E-state index contributed by atoms with van der Waals surface area (Å²) in [5.74, 6) is 0. The van der Waals surface area contributed by atoms with E-state index in [9.17, 15) is 4.79 Å². The van der Waals surface area contributed by atoms with Gasteiger partial charge in [0.1, 0.15) is 0 Å². The van der Waals surface area contributed by atoms with E-state index in [4.69, 9.17) is 0 Å². The Kier molecular flexibility index (Phi) is 6.22. The van der Waals surface area contributed by atoms with Gasteiger partial charge in [-0.2, -0.15) is 0 Å². The summed E-state index contributed by atoms with van der Waals surface area (Å²) < 4.78 is -0.0270. The van der Waals surface area contributed by atoms with Gasteiger partial charge in [0.15, 0.2) is 0 Å². The molecule has 1 rings (SSSR count). The minimum atomic E-state index is -0.0270. The molecule has 0 spiro atoms. The molecule has 0 unspecified atom stereocenters. The van der Waals surface area contributed by atoms with Gasteiger partial charge >= 0.3 is 0 Å². The first kappa shape index (κ1) is 15.6. The van der Waals surface area contributed by atoms with E-state index in [0.717, 1.165) is 25.7 Å². The van der Waals surface area contributed by atoms with Gasteiger partial charge in [0.2, 0.25) is 0 Å². The zero-order valence-electron chi connectivity index (χ0n) is 12.0.